The molecule has 1 saturated carbocycles. The van der Waals surface area contributed by atoms with Crippen LogP contribution in [0.25, 0.3) is 0 Å². The molecule has 1 spiro atoms. The minimum absolute atomic E-state index is 0.0634. The molecule has 1 heterocycles. The fraction of sp³-hybridized carbons (Fsp3) is 0.909. The summed E-state index contributed by atoms with van der Waals surface area (Å²) >= 11 is 0. The van der Waals surface area contributed by atoms with E-state index < -0.39 is 10.0 Å². The van der Waals surface area contributed by atoms with Crippen molar-refractivity contribution in [2.45, 2.75) is 46.5 Å². The van der Waals surface area contributed by atoms with Gasteiger partial charge < -0.3 is 0 Å². The molecule has 0 aromatic rings. The summed E-state index contributed by atoms with van der Waals surface area (Å²) in [5.41, 5.74) is 1.01. The molecule has 0 aromatic carbocycles. The van der Waals surface area contributed by atoms with E-state index in [9.17, 15) is 8.42 Å². The van der Waals surface area contributed by atoms with E-state index in [0.717, 1.165) is 31.4 Å². The lowest BCUT2D eigenvalue weighted by Gasteiger charge is -2.39. The van der Waals surface area contributed by atoms with Gasteiger partial charge in [-0.15, -0.1) is 0 Å². The Kier molecular flexibility index (Phi) is 2.27. The van der Waals surface area contributed by atoms with Gasteiger partial charge in [0, 0.05) is 11.1 Å². The van der Waals surface area contributed by atoms with Crippen LogP contribution in [0.15, 0.2) is 4.40 Å². The van der Waals surface area contributed by atoms with Crippen molar-refractivity contribution in [2.24, 2.45) is 15.2 Å². The molecule has 0 atom stereocenters. The van der Waals surface area contributed by atoms with Gasteiger partial charge in [0.05, 0.1) is 5.75 Å². The molecular formula is C11H19NO2S. The van der Waals surface area contributed by atoms with Gasteiger partial charge in [-0.2, -0.15) is 4.40 Å². The summed E-state index contributed by atoms with van der Waals surface area (Å²) in [4.78, 5) is 0. The molecule has 0 unspecified atom stereocenters. The Hall–Kier alpha value is -0.380. The third-order valence-electron chi connectivity index (χ3n) is 3.33. The highest BCUT2D eigenvalue weighted by molar-refractivity contribution is 7.90. The molecule has 2 rings (SSSR count). The van der Waals surface area contributed by atoms with Crippen molar-refractivity contribution >= 4 is 15.7 Å². The van der Waals surface area contributed by atoms with Gasteiger partial charge in [-0.1, -0.05) is 27.2 Å². The van der Waals surface area contributed by atoms with Crippen LogP contribution in [0.3, 0.4) is 0 Å². The lowest BCUT2D eigenvalue weighted by molar-refractivity contribution is 0.258. The quantitative estimate of drug-likeness (QED) is 0.693. The van der Waals surface area contributed by atoms with Crippen molar-refractivity contribution in [3.8, 4) is 0 Å². The van der Waals surface area contributed by atoms with Crippen LogP contribution in [-0.4, -0.2) is 19.9 Å². The van der Waals surface area contributed by atoms with Crippen LogP contribution in [0.4, 0.5) is 0 Å². The number of rotatable bonds is 1. The first-order valence-corrected chi connectivity index (χ1v) is 7.16. The monoisotopic (exact) mass is 229 g/mol. The summed E-state index contributed by atoms with van der Waals surface area (Å²) in [6.45, 7) is 6.40. The molecule has 0 N–H and O–H groups in total. The van der Waals surface area contributed by atoms with E-state index in [0.29, 0.717) is 0 Å². The predicted octanol–water partition coefficient (Wildman–Crippen LogP) is 2.38. The van der Waals surface area contributed by atoms with Crippen molar-refractivity contribution in [3.05, 3.63) is 0 Å². The number of hydrogen-bond donors (Lipinski definition) is 0. The van der Waals surface area contributed by atoms with E-state index >= 15 is 0 Å². The Morgan fingerprint density at radius 1 is 1.33 bits per heavy atom. The first-order valence-electron chi connectivity index (χ1n) is 5.55. The van der Waals surface area contributed by atoms with Crippen LogP contribution < -0.4 is 0 Å². The second-order valence-corrected chi connectivity index (χ2v) is 7.77. The molecular weight excluding hydrogens is 210 g/mol. The molecule has 0 aromatic heterocycles. The van der Waals surface area contributed by atoms with Gasteiger partial charge in [-0.3, -0.25) is 0 Å². The highest BCUT2D eigenvalue weighted by Gasteiger charge is 2.50. The molecule has 0 amide bonds. The zero-order chi connectivity index (χ0) is 11.3. The summed E-state index contributed by atoms with van der Waals surface area (Å²) < 4.78 is 27.1. The largest absolute Gasteiger partial charge is 0.253 e. The summed E-state index contributed by atoms with van der Waals surface area (Å²) in [5, 5.41) is 0. The highest BCUT2D eigenvalue weighted by atomic mass is 32.2. The van der Waals surface area contributed by atoms with E-state index in [-0.39, 0.29) is 16.6 Å². The Bertz CT molecular complexity index is 397. The van der Waals surface area contributed by atoms with Crippen molar-refractivity contribution in [1.82, 2.24) is 0 Å². The van der Waals surface area contributed by atoms with Gasteiger partial charge in [0.2, 0.25) is 0 Å². The third kappa shape index (κ3) is 2.10. The second kappa shape index (κ2) is 3.06. The first kappa shape index (κ1) is 11.1. The molecule has 86 valence electrons. The number of hydrogen-bond acceptors (Lipinski definition) is 2. The molecule has 1 aliphatic heterocycles. The van der Waals surface area contributed by atoms with Crippen molar-refractivity contribution in [3.63, 3.8) is 0 Å². The second-order valence-electron chi connectivity index (χ2n) is 6.14. The normalized spacial score (nSPS) is 27.5. The van der Waals surface area contributed by atoms with Crippen molar-refractivity contribution < 1.29 is 8.42 Å². The van der Waals surface area contributed by atoms with Gasteiger partial charge in [-0.05, 0) is 24.7 Å². The van der Waals surface area contributed by atoms with Gasteiger partial charge in [-0.25, -0.2) is 8.42 Å². The van der Waals surface area contributed by atoms with Gasteiger partial charge in [0.15, 0.2) is 0 Å². The molecule has 1 aliphatic carbocycles. The summed E-state index contributed by atoms with van der Waals surface area (Å²) in [5.74, 6) is 0.269. The Morgan fingerprint density at radius 2 is 1.93 bits per heavy atom. The molecule has 15 heavy (non-hydrogen) atoms. The summed E-state index contributed by atoms with van der Waals surface area (Å²) in [6, 6.07) is 0. The Morgan fingerprint density at radius 3 is 2.33 bits per heavy atom. The average Bonchev–Trinajstić information content (AvgIpc) is 2.16. The van der Waals surface area contributed by atoms with E-state index in [1.165, 1.54) is 0 Å². The first-order chi connectivity index (χ1) is 6.73. The fourth-order valence-corrected chi connectivity index (χ4v) is 4.30. The number of nitrogens with zero attached hydrogens (tertiary/aromatic N) is 1. The SMILES string of the molecule is CC(C)(C)CC1=NS(=O)(=O)CC12CCC2. The minimum atomic E-state index is -3.15. The van der Waals surface area contributed by atoms with Crippen LogP contribution in [-0.2, 0) is 10.0 Å². The Labute approximate surface area is 92.0 Å². The van der Waals surface area contributed by atoms with Gasteiger partial charge in [0.1, 0.15) is 0 Å². The number of sulfonamides is 1. The van der Waals surface area contributed by atoms with E-state index in [1.54, 1.807) is 0 Å². The molecule has 0 radical (unpaired) electrons. The van der Waals surface area contributed by atoms with Crippen LogP contribution in [0.5, 0.6) is 0 Å². The van der Waals surface area contributed by atoms with Gasteiger partial charge >= 0.3 is 0 Å². The van der Waals surface area contributed by atoms with E-state index in [2.05, 4.69) is 25.2 Å². The maximum atomic E-state index is 11.5. The minimum Gasteiger partial charge on any atom is -0.205 e. The van der Waals surface area contributed by atoms with Crippen molar-refractivity contribution in [2.75, 3.05) is 5.75 Å². The van der Waals surface area contributed by atoms with Crippen LogP contribution in [0, 0.1) is 10.8 Å². The van der Waals surface area contributed by atoms with Crippen molar-refractivity contribution in [1.29, 1.82) is 0 Å². The summed E-state index contributed by atoms with van der Waals surface area (Å²) in [6.07, 6.45) is 3.99. The highest BCUT2D eigenvalue weighted by Crippen LogP contribution is 2.49. The standard InChI is InChI=1S/C11H19NO2S/c1-10(2,3)7-9-11(5-4-6-11)8-15(13,14)12-9/h4-8H2,1-3H3. The van der Waals surface area contributed by atoms with E-state index in [4.69, 9.17) is 0 Å². The average molecular weight is 229 g/mol. The maximum absolute atomic E-state index is 11.5. The predicted molar refractivity (Wildman–Crippen MR) is 61.6 cm³/mol. The van der Waals surface area contributed by atoms with Crippen LogP contribution >= 0.6 is 0 Å². The topological polar surface area (TPSA) is 46.5 Å². The van der Waals surface area contributed by atoms with Crippen LogP contribution in [0.2, 0.25) is 0 Å². The molecule has 0 saturated heterocycles. The molecule has 3 nitrogen and oxygen atoms in total. The zero-order valence-electron chi connectivity index (χ0n) is 9.71. The molecule has 4 heteroatoms. The smallest absolute Gasteiger partial charge is 0.205 e. The van der Waals surface area contributed by atoms with Crippen LogP contribution in [0.1, 0.15) is 46.5 Å². The molecule has 0 bridgehead atoms. The molecule has 1 fully saturated rings. The lowest BCUT2D eigenvalue weighted by atomic mass is 9.64. The van der Waals surface area contributed by atoms with Gasteiger partial charge in [0.25, 0.3) is 10.0 Å². The maximum Gasteiger partial charge on any atom is 0.253 e. The van der Waals surface area contributed by atoms with E-state index in [1.807, 2.05) is 0 Å². The third-order valence-corrected chi connectivity index (χ3v) is 4.74. The molecule has 2 aliphatic rings. The Balaban J connectivity index is 2.28. The fourth-order valence-electron chi connectivity index (χ4n) is 2.49. The summed E-state index contributed by atoms with van der Waals surface area (Å²) in [7, 11) is -3.15. The zero-order valence-corrected chi connectivity index (χ0v) is 10.5. The lowest BCUT2D eigenvalue weighted by Crippen LogP contribution is -2.40.